The van der Waals surface area contributed by atoms with Crippen LogP contribution in [-0.2, 0) is 6.42 Å². The first-order valence-electron chi connectivity index (χ1n) is 4.76. The lowest BCUT2D eigenvalue weighted by atomic mass is 10.1. The third kappa shape index (κ3) is 1.79. The van der Waals surface area contributed by atoms with E-state index in [0.29, 0.717) is 0 Å². The molecule has 0 bridgehead atoms. The highest BCUT2D eigenvalue weighted by molar-refractivity contribution is 5.58. The summed E-state index contributed by atoms with van der Waals surface area (Å²) in [6.45, 7) is 2.10. The van der Waals surface area contributed by atoms with E-state index in [1.165, 1.54) is 0 Å². The summed E-state index contributed by atoms with van der Waals surface area (Å²) in [5.41, 5.74) is 3.25. The highest BCUT2D eigenvalue weighted by Crippen LogP contribution is 2.16. The van der Waals surface area contributed by atoms with Crippen molar-refractivity contribution in [3.8, 4) is 11.3 Å². The minimum Gasteiger partial charge on any atom is -0.261 e. The van der Waals surface area contributed by atoms with Gasteiger partial charge in [-0.15, -0.1) is 0 Å². The molecule has 0 saturated carbocycles. The number of hydrogen-bond acceptors (Lipinski definition) is 2. The first-order chi connectivity index (χ1) is 6.90. The summed E-state index contributed by atoms with van der Waals surface area (Å²) in [7, 11) is 0. The SMILES string of the molecule is CCc1cc(-c2ccccn2)ccn1. The topological polar surface area (TPSA) is 25.8 Å². The Hall–Kier alpha value is -1.70. The van der Waals surface area contributed by atoms with Crippen LogP contribution in [0.25, 0.3) is 11.3 Å². The summed E-state index contributed by atoms with van der Waals surface area (Å²) in [5.74, 6) is 0. The number of rotatable bonds is 2. The summed E-state index contributed by atoms with van der Waals surface area (Å²) in [5, 5.41) is 0. The molecule has 0 spiro atoms. The molecule has 0 atom stereocenters. The van der Waals surface area contributed by atoms with Crippen molar-refractivity contribution in [2.75, 3.05) is 0 Å². The van der Waals surface area contributed by atoms with Gasteiger partial charge in [-0.25, -0.2) is 0 Å². The average Bonchev–Trinajstić information content (AvgIpc) is 2.30. The molecule has 0 unspecified atom stereocenters. The van der Waals surface area contributed by atoms with E-state index in [9.17, 15) is 0 Å². The normalized spacial score (nSPS) is 10.1. The van der Waals surface area contributed by atoms with Crippen LogP contribution in [0.15, 0.2) is 42.7 Å². The van der Waals surface area contributed by atoms with E-state index in [-0.39, 0.29) is 0 Å². The van der Waals surface area contributed by atoms with Gasteiger partial charge in [0.1, 0.15) is 0 Å². The number of aromatic nitrogens is 2. The molecular formula is C12H12N2. The van der Waals surface area contributed by atoms with Gasteiger partial charge in [-0.2, -0.15) is 0 Å². The second-order valence-electron chi connectivity index (χ2n) is 3.10. The maximum absolute atomic E-state index is 4.30. The molecule has 0 amide bonds. The summed E-state index contributed by atoms with van der Waals surface area (Å²) < 4.78 is 0. The molecule has 14 heavy (non-hydrogen) atoms. The van der Waals surface area contributed by atoms with Crippen molar-refractivity contribution < 1.29 is 0 Å². The van der Waals surface area contributed by atoms with Gasteiger partial charge < -0.3 is 0 Å². The molecule has 0 saturated heterocycles. The molecule has 0 aliphatic carbocycles. The molecule has 0 aliphatic rings. The van der Waals surface area contributed by atoms with E-state index < -0.39 is 0 Å². The number of nitrogens with zero attached hydrogens (tertiary/aromatic N) is 2. The van der Waals surface area contributed by atoms with Gasteiger partial charge in [-0.1, -0.05) is 13.0 Å². The minimum absolute atomic E-state index is 0.959. The zero-order valence-electron chi connectivity index (χ0n) is 8.14. The monoisotopic (exact) mass is 184 g/mol. The summed E-state index contributed by atoms with van der Waals surface area (Å²) in [6.07, 6.45) is 4.60. The van der Waals surface area contributed by atoms with Crippen molar-refractivity contribution in [3.63, 3.8) is 0 Å². The number of pyridine rings is 2. The molecule has 0 aromatic carbocycles. The van der Waals surface area contributed by atoms with Gasteiger partial charge in [0, 0.05) is 23.7 Å². The molecule has 2 aromatic rings. The van der Waals surface area contributed by atoms with E-state index in [1.54, 1.807) is 6.20 Å². The molecule has 0 radical (unpaired) electrons. The van der Waals surface area contributed by atoms with Gasteiger partial charge in [0.25, 0.3) is 0 Å². The lowest BCUT2D eigenvalue weighted by molar-refractivity contribution is 1.04. The van der Waals surface area contributed by atoms with Crippen LogP contribution in [0.2, 0.25) is 0 Å². The van der Waals surface area contributed by atoms with Crippen LogP contribution in [0.4, 0.5) is 0 Å². The van der Waals surface area contributed by atoms with E-state index in [4.69, 9.17) is 0 Å². The van der Waals surface area contributed by atoms with Gasteiger partial charge in [0.15, 0.2) is 0 Å². The quantitative estimate of drug-likeness (QED) is 0.717. The Morgan fingerprint density at radius 3 is 2.71 bits per heavy atom. The zero-order valence-corrected chi connectivity index (χ0v) is 8.14. The third-order valence-electron chi connectivity index (χ3n) is 2.14. The van der Waals surface area contributed by atoms with Crippen molar-refractivity contribution in [1.29, 1.82) is 0 Å². The maximum atomic E-state index is 4.30. The van der Waals surface area contributed by atoms with Gasteiger partial charge in [-0.3, -0.25) is 9.97 Å². The van der Waals surface area contributed by atoms with Crippen LogP contribution >= 0.6 is 0 Å². The summed E-state index contributed by atoms with van der Waals surface area (Å²) in [4.78, 5) is 8.55. The first kappa shape index (κ1) is 8.88. The lowest BCUT2D eigenvalue weighted by Crippen LogP contribution is -1.88. The molecule has 70 valence electrons. The highest BCUT2D eigenvalue weighted by atomic mass is 14.7. The molecule has 0 aliphatic heterocycles. The lowest BCUT2D eigenvalue weighted by Gasteiger charge is -2.01. The van der Waals surface area contributed by atoms with Crippen LogP contribution in [0.1, 0.15) is 12.6 Å². The Balaban J connectivity index is 2.42. The predicted octanol–water partition coefficient (Wildman–Crippen LogP) is 2.71. The number of aryl methyl sites for hydroxylation is 1. The van der Waals surface area contributed by atoms with Crippen LogP contribution in [0.3, 0.4) is 0 Å². The summed E-state index contributed by atoms with van der Waals surface area (Å²) >= 11 is 0. The fourth-order valence-corrected chi connectivity index (χ4v) is 1.36. The van der Waals surface area contributed by atoms with E-state index in [2.05, 4.69) is 23.0 Å². The predicted molar refractivity (Wildman–Crippen MR) is 56.8 cm³/mol. The van der Waals surface area contributed by atoms with Crippen LogP contribution in [0, 0.1) is 0 Å². The van der Waals surface area contributed by atoms with Crippen molar-refractivity contribution >= 4 is 0 Å². The van der Waals surface area contributed by atoms with Gasteiger partial charge in [-0.05, 0) is 30.7 Å². The molecule has 2 nitrogen and oxygen atoms in total. The van der Waals surface area contributed by atoms with E-state index in [1.807, 2.05) is 30.5 Å². The largest absolute Gasteiger partial charge is 0.261 e. The molecule has 2 rings (SSSR count). The maximum Gasteiger partial charge on any atom is 0.0703 e. The third-order valence-corrected chi connectivity index (χ3v) is 2.14. The zero-order chi connectivity index (χ0) is 9.80. The van der Waals surface area contributed by atoms with Crippen molar-refractivity contribution in [3.05, 3.63) is 48.4 Å². The molecule has 0 fully saturated rings. The fraction of sp³-hybridized carbons (Fsp3) is 0.167. The second-order valence-corrected chi connectivity index (χ2v) is 3.10. The number of hydrogen-bond donors (Lipinski definition) is 0. The van der Waals surface area contributed by atoms with E-state index in [0.717, 1.165) is 23.4 Å². The van der Waals surface area contributed by atoms with Crippen LogP contribution in [0.5, 0.6) is 0 Å². The molecule has 2 heterocycles. The van der Waals surface area contributed by atoms with Crippen molar-refractivity contribution in [2.45, 2.75) is 13.3 Å². The Bertz CT molecular complexity index is 410. The Morgan fingerprint density at radius 1 is 1.07 bits per heavy atom. The minimum atomic E-state index is 0.959. The van der Waals surface area contributed by atoms with Gasteiger partial charge in [0.2, 0.25) is 0 Å². The Labute approximate surface area is 83.7 Å². The Kier molecular flexibility index (Phi) is 2.54. The average molecular weight is 184 g/mol. The highest BCUT2D eigenvalue weighted by Gasteiger charge is 1.98. The van der Waals surface area contributed by atoms with Gasteiger partial charge >= 0.3 is 0 Å². The van der Waals surface area contributed by atoms with Crippen LogP contribution in [-0.4, -0.2) is 9.97 Å². The standard InChI is InChI=1S/C12H12N2/c1-2-11-9-10(6-8-13-11)12-5-3-4-7-14-12/h3-9H,2H2,1H3. The Morgan fingerprint density at radius 2 is 2.00 bits per heavy atom. The van der Waals surface area contributed by atoms with Crippen molar-refractivity contribution in [2.24, 2.45) is 0 Å². The molecule has 2 heteroatoms. The fourth-order valence-electron chi connectivity index (χ4n) is 1.36. The van der Waals surface area contributed by atoms with E-state index >= 15 is 0 Å². The summed E-state index contributed by atoms with van der Waals surface area (Å²) in [6, 6.07) is 10.00. The first-order valence-corrected chi connectivity index (χ1v) is 4.76. The molecule has 0 N–H and O–H groups in total. The van der Waals surface area contributed by atoms with Crippen LogP contribution < -0.4 is 0 Å². The molecule has 2 aromatic heterocycles. The second kappa shape index (κ2) is 4.01. The van der Waals surface area contributed by atoms with Gasteiger partial charge in [0.05, 0.1) is 5.69 Å². The molecular weight excluding hydrogens is 172 g/mol. The van der Waals surface area contributed by atoms with Crippen molar-refractivity contribution in [1.82, 2.24) is 9.97 Å². The smallest absolute Gasteiger partial charge is 0.0703 e.